The zero-order chi connectivity index (χ0) is 16.9. The van der Waals surface area contributed by atoms with Crippen LogP contribution < -0.4 is 5.32 Å². The smallest absolute Gasteiger partial charge is 0.335 e. The van der Waals surface area contributed by atoms with Crippen LogP contribution in [0.1, 0.15) is 34.6 Å². The number of nitrogens with one attached hydrogen (secondary N) is 1. The first-order valence-corrected chi connectivity index (χ1v) is 7.84. The van der Waals surface area contributed by atoms with E-state index in [-0.39, 0.29) is 11.6 Å². The molecule has 4 nitrogen and oxygen atoms in total. The molecule has 1 heterocycles. The van der Waals surface area contributed by atoms with Gasteiger partial charge in [-0.2, -0.15) is 0 Å². The summed E-state index contributed by atoms with van der Waals surface area (Å²) in [6.07, 6.45) is 0. The van der Waals surface area contributed by atoms with Gasteiger partial charge in [-0.1, -0.05) is 42.5 Å². The fourth-order valence-electron chi connectivity index (χ4n) is 2.52. The van der Waals surface area contributed by atoms with Gasteiger partial charge in [-0.25, -0.2) is 4.79 Å². The standard InChI is InChI=1S/C20H19NO3/c1-14(15-5-3-2-4-6-15)21-13-18-11-12-19(24-18)16-7-9-17(10-8-16)20(22)23/h2-12,14,21H,13H2,1H3,(H,22,23). The summed E-state index contributed by atoms with van der Waals surface area (Å²) in [4.78, 5) is 10.9. The van der Waals surface area contributed by atoms with E-state index in [0.717, 1.165) is 17.1 Å². The molecule has 0 amide bonds. The Morgan fingerprint density at radius 3 is 2.42 bits per heavy atom. The Bertz CT molecular complexity index is 806. The Kier molecular flexibility index (Phi) is 4.77. The molecule has 0 aliphatic carbocycles. The van der Waals surface area contributed by atoms with Crippen LogP contribution in [0.3, 0.4) is 0 Å². The summed E-state index contributed by atoms with van der Waals surface area (Å²) in [7, 11) is 0. The van der Waals surface area contributed by atoms with E-state index in [1.54, 1.807) is 24.3 Å². The molecule has 122 valence electrons. The Morgan fingerprint density at radius 1 is 1.04 bits per heavy atom. The van der Waals surface area contributed by atoms with Crippen LogP contribution in [0.25, 0.3) is 11.3 Å². The first kappa shape index (κ1) is 16.0. The van der Waals surface area contributed by atoms with Crippen LogP contribution in [0.2, 0.25) is 0 Å². The van der Waals surface area contributed by atoms with Gasteiger partial charge in [0.2, 0.25) is 0 Å². The van der Waals surface area contributed by atoms with Gasteiger partial charge in [0, 0.05) is 11.6 Å². The van der Waals surface area contributed by atoms with Crippen molar-refractivity contribution in [2.75, 3.05) is 0 Å². The van der Waals surface area contributed by atoms with Crippen molar-refractivity contribution in [1.82, 2.24) is 5.32 Å². The van der Waals surface area contributed by atoms with Crippen molar-refractivity contribution >= 4 is 5.97 Å². The third kappa shape index (κ3) is 3.73. The number of aromatic carboxylic acids is 1. The van der Waals surface area contributed by atoms with Gasteiger partial charge in [-0.15, -0.1) is 0 Å². The monoisotopic (exact) mass is 321 g/mol. The number of benzene rings is 2. The van der Waals surface area contributed by atoms with Crippen molar-refractivity contribution in [1.29, 1.82) is 0 Å². The molecule has 0 aliphatic heterocycles. The SMILES string of the molecule is CC(NCc1ccc(-c2ccc(C(=O)O)cc2)o1)c1ccccc1. The highest BCUT2D eigenvalue weighted by Crippen LogP contribution is 2.23. The van der Waals surface area contributed by atoms with Crippen molar-refractivity contribution in [3.8, 4) is 11.3 Å². The molecule has 2 aromatic carbocycles. The summed E-state index contributed by atoms with van der Waals surface area (Å²) in [6.45, 7) is 2.74. The molecule has 3 rings (SSSR count). The Morgan fingerprint density at radius 2 is 1.75 bits per heavy atom. The van der Waals surface area contributed by atoms with Crippen LogP contribution in [0.15, 0.2) is 71.1 Å². The van der Waals surface area contributed by atoms with Crippen LogP contribution in [-0.2, 0) is 6.54 Å². The van der Waals surface area contributed by atoms with Gasteiger partial charge >= 0.3 is 5.97 Å². The van der Waals surface area contributed by atoms with E-state index >= 15 is 0 Å². The second-order valence-corrected chi connectivity index (χ2v) is 5.66. The summed E-state index contributed by atoms with van der Waals surface area (Å²) in [5.74, 6) is 0.645. The zero-order valence-corrected chi connectivity index (χ0v) is 13.4. The number of carbonyl (C=O) groups is 1. The molecule has 0 bridgehead atoms. The fourth-order valence-corrected chi connectivity index (χ4v) is 2.52. The second kappa shape index (κ2) is 7.15. The van der Waals surface area contributed by atoms with Crippen LogP contribution in [0.4, 0.5) is 0 Å². The minimum Gasteiger partial charge on any atom is -0.478 e. The molecule has 1 unspecified atom stereocenters. The largest absolute Gasteiger partial charge is 0.478 e. The average molecular weight is 321 g/mol. The van der Waals surface area contributed by atoms with Crippen LogP contribution >= 0.6 is 0 Å². The number of carboxylic acid groups (broad SMARTS) is 1. The van der Waals surface area contributed by atoms with E-state index in [1.807, 2.05) is 30.3 Å². The Labute approximate surface area is 140 Å². The minimum absolute atomic E-state index is 0.231. The van der Waals surface area contributed by atoms with Gasteiger partial charge in [-0.3, -0.25) is 0 Å². The van der Waals surface area contributed by atoms with Gasteiger partial charge in [0.1, 0.15) is 11.5 Å². The normalized spacial score (nSPS) is 12.0. The van der Waals surface area contributed by atoms with E-state index in [0.29, 0.717) is 6.54 Å². The van der Waals surface area contributed by atoms with Crippen LogP contribution in [-0.4, -0.2) is 11.1 Å². The second-order valence-electron chi connectivity index (χ2n) is 5.66. The molecule has 0 spiro atoms. The minimum atomic E-state index is -0.930. The summed E-state index contributed by atoms with van der Waals surface area (Å²) in [5.41, 5.74) is 2.36. The quantitative estimate of drug-likeness (QED) is 0.702. The molecular weight excluding hydrogens is 302 g/mol. The number of furan rings is 1. The fraction of sp³-hybridized carbons (Fsp3) is 0.150. The van der Waals surface area contributed by atoms with Gasteiger partial charge in [0.05, 0.1) is 12.1 Å². The highest BCUT2D eigenvalue weighted by Gasteiger charge is 2.09. The highest BCUT2D eigenvalue weighted by atomic mass is 16.4. The average Bonchev–Trinajstić information content (AvgIpc) is 3.09. The van der Waals surface area contributed by atoms with E-state index in [9.17, 15) is 4.79 Å². The summed E-state index contributed by atoms with van der Waals surface area (Å²) in [6, 6.07) is 21.0. The molecule has 4 heteroatoms. The van der Waals surface area contributed by atoms with Crippen LogP contribution in [0.5, 0.6) is 0 Å². The first-order chi connectivity index (χ1) is 11.6. The van der Waals surface area contributed by atoms with Crippen molar-refractivity contribution in [2.24, 2.45) is 0 Å². The predicted octanol–water partition coefficient (Wildman–Crippen LogP) is 4.50. The number of hydrogen-bond acceptors (Lipinski definition) is 3. The third-order valence-electron chi connectivity index (χ3n) is 3.96. The van der Waals surface area contributed by atoms with E-state index in [4.69, 9.17) is 9.52 Å². The van der Waals surface area contributed by atoms with Crippen molar-refractivity contribution in [3.63, 3.8) is 0 Å². The summed E-state index contributed by atoms with van der Waals surface area (Å²) in [5, 5.41) is 12.4. The van der Waals surface area contributed by atoms with E-state index in [2.05, 4.69) is 24.4 Å². The summed E-state index contributed by atoms with van der Waals surface area (Å²) < 4.78 is 5.85. The van der Waals surface area contributed by atoms with Gasteiger partial charge in [0.15, 0.2) is 0 Å². The summed E-state index contributed by atoms with van der Waals surface area (Å²) >= 11 is 0. The maximum atomic E-state index is 10.9. The number of carboxylic acids is 1. The molecular formula is C20H19NO3. The Hall–Kier alpha value is -2.85. The molecule has 0 radical (unpaired) electrons. The van der Waals surface area contributed by atoms with Gasteiger partial charge in [-0.05, 0) is 36.8 Å². The molecule has 24 heavy (non-hydrogen) atoms. The Balaban J connectivity index is 1.64. The maximum Gasteiger partial charge on any atom is 0.335 e. The topological polar surface area (TPSA) is 62.5 Å². The van der Waals surface area contributed by atoms with Crippen molar-refractivity contribution in [2.45, 2.75) is 19.5 Å². The lowest BCUT2D eigenvalue weighted by atomic mass is 10.1. The zero-order valence-electron chi connectivity index (χ0n) is 13.4. The molecule has 2 N–H and O–H groups in total. The van der Waals surface area contributed by atoms with Gasteiger partial charge < -0.3 is 14.8 Å². The molecule has 1 aromatic heterocycles. The van der Waals surface area contributed by atoms with Gasteiger partial charge in [0.25, 0.3) is 0 Å². The number of hydrogen-bond donors (Lipinski definition) is 2. The lowest BCUT2D eigenvalue weighted by molar-refractivity contribution is 0.0697. The van der Waals surface area contributed by atoms with Crippen molar-refractivity contribution in [3.05, 3.63) is 83.6 Å². The molecule has 0 saturated heterocycles. The lowest BCUT2D eigenvalue weighted by Crippen LogP contribution is -2.17. The molecule has 3 aromatic rings. The van der Waals surface area contributed by atoms with E-state index in [1.165, 1.54) is 5.56 Å². The highest BCUT2D eigenvalue weighted by molar-refractivity contribution is 5.88. The molecule has 0 saturated carbocycles. The predicted molar refractivity (Wildman–Crippen MR) is 92.8 cm³/mol. The first-order valence-electron chi connectivity index (χ1n) is 7.84. The van der Waals surface area contributed by atoms with E-state index < -0.39 is 5.97 Å². The van der Waals surface area contributed by atoms with Crippen molar-refractivity contribution < 1.29 is 14.3 Å². The third-order valence-corrected chi connectivity index (χ3v) is 3.96. The lowest BCUT2D eigenvalue weighted by Gasteiger charge is -2.12. The number of rotatable bonds is 6. The maximum absolute atomic E-state index is 10.9. The molecule has 1 atom stereocenters. The molecule has 0 fully saturated rings. The molecule has 0 aliphatic rings. The van der Waals surface area contributed by atoms with Crippen LogP contribution in [0, 0.1) is 0 Å².